The Hall–Kier alpha value is -1.95. The molecule has 0 spiro atoms. The first-order chi connectivity index (χ1) is 11.2. The molecule has 1 aromatic heterocycles. The average molecular weight is 375 g/mol. The SMILES string of the molecule is O=C(c1ccnc(Nc2ccccc2Br)n1)N1CCCCCC1. The molecule has 0 bridgehead atoms. The summed E-state index contributed by atoms with van der Waals surface area (Å²) in [5.41, 5.74) is 1.31. The number of carbonyl (C=O) groups is 1. The molecule has 3 rings (SSSR count). The smallest absolute Gasteiger partial charge is 0.272 e. The molecule has 1 aliphatic rings. The van der Waals surface area contributed by atoms with Crippen LogP contribution in [0.15, 0.2) is 41.0 Å². The van der Waals surface area contributed by atoms with Gasteiger partial charge in [-0.1, -0.05) is 25.0 Å². The number of hydrogen-bond acceptors (Lipinski definition) is 4. The van der Waals surface area contributed by atoms with Crippen molar-refractivity contribution in [3.8, 4) is 0 Å². The largest absolute Gasteiger partial charge is 0.337 e. The van der Waals surface area contributed by atoms with Crippen LogP contribution >= 0.6 is 15.9 Å². The van der Waals surface area contributed by atoms with Crippen molar-refractivity contribution in [1.82, 2.24) is 14.9 Å². The number of carbonyl (C=O) groups excluding carboxylic acids is 1. The van der Waals surface area contributed by atoms with Gasteiger partial charge >= 0.3 is 0 Å². The minimum Gasteiger partial charge on any atom is -0.337 e. The first kappa shape index (κ1) is 15.9. The number of aromatic nitrogens is 2. The van der Waals surface area contributed by atoms with Gasteiger partial charge in [0.25, 0.3) is 5.91 Å². The highest BCUT2D eigenvalue weighted by molar-refractivity contribution is 9.10. The van der Waals surface area contributed by atoms with E-state index in [1.807, 2.05) is 29.2 Å². The number of para-hydroxylation sites is 1. The quantitative estimate of drug-likeness (QED) is 0.881. The van der Waals surface area contributed by atoms with Gasteiger partial charge in [-0.25, -0.2) is 9.97 Å². The number of nitrogens with zero attached hydrogens (tertiary/aromatic N) is 3. The van der Waals surface area contributed by atoms with Crippen molar-refractivity contribution in [1.29, 1.82) is 0 Å². The Morgan fingerprint density at radius 3 is 2.57 bits per heavy atom. The topological polar surface area (TPSA) is 58.1 Å². The normalized spacial score (nSPS) is 15.1. The second-order valence-electron chi connectivity index (χ2n) is 5.58. The molecule has 120 valence electrons. The number of hydrogen-bond donors (Lipinski definition) is 1. The lowest BCUT2D eigenvalue weighted by Crippen LogP contribution is -2.32. The Morgan fingerprint density at radius 1 is 1.09 bits per heavy atom. The van der Waals surface area contributed by atoms with Crippen molar-refractivity contribution < 1.29 is 4.79 Å². The first-order valence-electron chi connectivity index (χ1n) is 7.88. The highest BCUT2D eigenvalue weighted by Gasteiger charge is 2.19. The Balaban J connectivity index is 1.76. The summed E-state index contributed by atoms with van der Waals surface area (Å²) in [6.07, 6.45) is 6.15. The zero-order chi connectivity index (χ0) is 16.1. The minimum atomic E-state index is -0.00974. The summed E-state index contributed by atoms with van der Waals surface area (Å²) in [6.45, 7) is 1.63. The lowest BCUT2D eigenvalue weighted by atomic mass is 10.2. The summed E-state index contributed by atoms with van der Waals surface area (Å²) in [6, 6.07) is 9.42. The molecule has 1 saturated heterocycles. The molecule has 1 fully saturated rings. The Labute approximate surface area is 144 Å². The third-order valence-electron chi connectivity index (χ3n) is 3.89. The van der Waals surface area contributed by atoms with Gasteiger partial charge in [0.15, 0.2) is 0 Å². The summed E-state index contributed by atoms with van der Waals surface area (Å²) in [5.74, 6) is 0.419. The van der Waals surface area contributed by atoms with Crippen LogP contribution in [0.1, 0.15) is 36.2 Å². The summed E-state index contributed by atoms with van der Waals surface area (Å²) in [5, 5.41) is 3.14. The number of likely N-dealkylation sites (tertiary alicyclic amines) is 1. The van der Waals surface area contributed by atoms with Crippen LogP contribution < -0.4 is 5.32 Å². The van der Waals surface area contributed by atoms with E-state index in [0.717, 1.165) is 36.1 Å². The highest BCUT2D eigenvalue weighted by atomic mass is 79.9. The number of anilines is 2. The van der Waals surface area contributed by atoms with Crippen LogP contribution in [0.3, 0.4) is 0 Å². The molecule has 2 heterocycles. The zero-order valence-corrected chi connectivity index (χ0v) is 14.4. The molecular formula is C17H19BrN4O. The average Bonchev–Trinajstić information content (AvgIpc) is 2.86. The van der Waals surface area contributed by atoms with Crippen molar-refractivity contribution in [2.75, 3.05) is 18.4 Å². The summed E-state index contributed by atoms with van der Waals surface area (Å²) >= 11 is 3.48. The number of halogens is 1. The molecule has 1 aromatic carbocycles. The van der Waals surface area contributed by atoms with Gasteiger partial charge < -0.3 is 10.2 Å². The second-order valence-corrected chi connectivity index (χ2v) is 6.43. The molecule has 5 nitrogen and oxygen atoms in total. The number of amides is 1. The van der Waals surface area contributed by atoms with Crippen LogP contribution in [0.5, 0.6) is 0 Å². The van der Waals surface area contributed by atoms with Crippen molar-refractivity contribution in [2.24, 2.45) is 0 Å². The van der Waals surface area contributed by atoms with E-state index in [0.29, 0.717) is 11.6 Å². The van der Waals surface area contributed by atoms with Gasteiger partial charge in [-0.2, -0.15) is 0 Å². The minimum absolute atomic E-state index is 0.00974. The Morgan fingerprint density at radius 2 is 1.83 bits per heavy atom. The molecule has 2 aromatic rings. The van der Waals surface area contributed by atoms with E-state index in [-0.39, 0.29) is 5.91 Å². The predicted octanol–water partition coefficient (Wildman–Crippen LogP) is 4.00. The van der Waals surface area contributed by atoms with Gasteiger partial charge in [0.2, 0.25) is 5.95 Å². The number of nitrogens with one attached hydrogen (secondary N) is 1. The van der Waals surface area contributed by atoms with E-state index < -0.39 is 0 Å². The van der Waals surface area contributed by atoms with E-state index in [1.165, 1.54) is 12.8 Å². The molecule has 0 aliphatic carbocycles. The Kier molecular flexibility index (Phi) is 5.23. The maximum absolute atomic E-state index is 12.6. The third-order valence-corrected chi connectivity index (χ3v) is 4.58. The zero-order valence-electron chi connectivity index (χ0n) is 12.8. The van der Waals surface area contributed by atoms with Crippen LogP contribution in [0.2, 0.25) is 0 Å². The molecule has 1 N–H and O–H groups in total. The monoisotopic (exact) mass is 374 g/mol. The van der Waals surface area contributed by atoms with E-state index in [1.54, 1.807) is 12.3 Å². The van der Waals surface area contributed by atoms with Gasteiger partial charge in [0.1, 0.15) is 5.69 Å². The fourth-order valence-electron chi connectivity index (χ4n) is 2.66. The molecular weight excluding hydrogens is 356 g/mol. The maximum Gasteiger partial charge on any atom is 0.272 e. The van der Waals surface area contributed by atoms with Crippen molar-refractivity contribution >= 4 is 33.5 Å². The maximum atomic E-state index is 12.6. The molecule has 23 heavy (non-hydrogen) atoms. The van der Waals surface area contributed by atoms with Crippen LogP contribution in [0.4, 0.5) is 11.6 Å². The predicted molar refractivity (Wildman–Crippen MR) is 93.8 cm³/mol. The molecule has 1 amide bonds. The van der Waals surface area contributed by atoms with Crippen LogP contribution in [0, 0.1) is 0 Å². The summed E-state index contributed by atoms with van der Waals surface area (Å²) in [4.78, 5) is 23.1. The standard InChI is InChI=1S/C17H19BrN4O/c18-13-7-3-4-8-14(13)20-17-19-10-9-15(21-17)16(23)22-11-5-1-2-6-12-22/h3-4,7-10H,1-2,5-6,11-12H2,(H,19,20,21). The fraction of sp³-hybridized carbons (Fsp3) is 0.353. The number of benzene rings is 1. The van der Waals surface area contributed by atoms with Crippen molar-refractivity contribution in [2.45, 2.75) is 25.7 Å². The number of rotatable bonds is 3. The van der Waals surface area contributed by atoms with Gasteiger partial charge in [-0.05, 0) is 47.0 Å². The van der Waals surface area contributed by atoms with Gasteiger partial charge in [-0.15, -0.1) is 0 Å². The van der Waals surface area contributed by atoms with E-state index in [2.05, 4.69) is 31.2 Å². The molecule has 0 atom stereocenters. The third kappa shape index (κ3) is 4.07. The van der Waals surface area contributed by atoms with Gasteiger partial charge in [-0.3, -0.25) is 4.79 Å². The second kappa shape index (κ2) is 7.55. The molecule has 1 aliphatic heterocycles. The fourth-order valence-corrected chi connectivity index (χ4v) is 3.04. The van der Waals surface area contributed by atoms with Crippen LogP contribution in [0.25, 0.3) is 0 Å². The van der Waals surface area contributed by atoms with Crippen LogP contribution in [-0.2, 0) is 0 Å². The highest BCUT2D eigenvalue weighted by Crippen LogP contribution is 2.23. The summed E-state index contributed by atoms with van der Waals surface area (Å²) < 4.78 is 0.924. The van der Waals surface area contributed by atoms with E-state index >= 15 is 0 Å². The lowest BCUT2D eigenvalue weighted by Gasteiger charge is -2.19. The van der Waals surface area contributed by atoms with Crippen molar-refractivity contribution in [3.63, 3.8) is 0 Å². The van der Waals surface area contributed by atoms with E-state index in [9.17, 15) is 4.79 Å². The molecule has 0 unspecified atom stereocenters. The summed E-state index contributed by atoms with van der Waals surface area (Å²) in [7, 11) is 0. The Bertz CT molecular complexity index is 684. The molecule has 0 saturated carbocycles. The molecule has 0 radical (unpaired) electrons. The lowest BCUT2D eigenvalue weighted by molar-refractivity contribution is 0.0755. The van der Waals surface area contributed by atoms with Gasteiger partial charge in [0, 0.05) is 23.8 Å². The molecule has 6 heteroatoms. The van der Waals surface area contributed by atoms with Crippen LogP contribution in [-0.4, -0.2) is 33.9 Å². The van der Waals surface area contributed by atoms with E-state index in [4.69, 9.17) is 0 Å². The van der Waals surface area contributed by atoms with Crippen molar-refractivity contribution in [3.05, 3.63) is 46.7 Å². The first-order valence-corrected chi connectivity index (χ1v) is 8.67. The van der Waals surface area contributed by atoms with Gasteiger partial charge in [0.05, 0.1) is 5.69 Å².